The Balaban J connectivity index is 1.37. The van der Waals surface area contributed by atoms with Gasteiger partial charge in [0.1, 0.15) is 11.3 Å². The van der Waals surface area contributed by atoms with E-state index in [2.05, 4.69) is 15.6 Å². The van der Waals surface area contributed by atoms with Crippen LogP contribution in [-0.2, 0) is 0 Å². The van der Waals surface area contributed by atoms with Gasteiger partial charge in [-0.2, -0.15) is 0 Å². The Morgan fingerprint density at radius 1 is 0.971 bits per heavy atom. The van der Waals surface area contributed by atoms with E-state index in [1.807, 2.05) is 80.6 Å². The van der Waals surface area contributed by atoms with Gasteiger partial charge in [-0.05, 0) is 84.4 Å². The molecule has 1 amide bonds. The minimum absolute atomic E-state index is 0.179. The van der Waals surface area contributed by atoms with Crippen molar-refractivity contribution in [2.24, 2.45) is 0 Å². The van der Waals surface area contributed by atoms with Gasteiger partial charge < -0.3 is 14.5 Å². The summed E-state index contributed by atoms with van der Waals surface area (Å²) in [5.41, 5.74) is 5.56. The van der Waals surface area contributed by atoms with Gasteiger partial charge in [-0.15, -0.1) is 0 Å². The van der Waals surface area contributed by atoms with E-state index in [9.17, 15) is 4.79 Å². The van der Waals surface area contributed by atoms with E-state index in [1.165, 1.54) is 0 Å². The van der Waals surface area contributed by atoms with Crippen LogP contribution in [-0.4, -0.2) is 23.1 Å². The standard InChI is InChI=1S/C28H23N3O3S/c1-16-8-11-22-25(12-16)34-27(29-22)20-10-9-17(2)23(14-20)30-28(35)31-26(32)21-13-18-6-4-5-7-19(18)15-24(21)33-3/h4-15H,1-3H3,(H2,30,31,32,35). The number of hydrogen-bond acceptors (Lipinski definition) is 5. The number of oxazole rings is 1. The number of nitrogens with one attached hydrogen (secondary N) is 2. The van der Waals surface area contributed by atoms with Crippen LogP contribution in [0.5, 0.6) is 5.75 Å². The number of carbonyl (C=O) groups is 1. The summed E-state index contributed by atoms with van der Waals surface area (Å²) >= 11 is 5.45. The molecule has 0 unspecified atom stereocenters. The fourth-order valence-electron chi connectivity index (χ4n) is 3.93. The molecule has 5 rings (SSSR count). The maximum atomic E-state index is 13.0. The predicted molar refractivity (Wildman–Crippen MR) is 143 cm³/mol. The van der Waals surface area contributed by atoms with Crippen LogP contribution in [0.2, 0.25) is 0 Å². The Bertz CT molecular complexity index is 1610. The van der Waals surface area contributed by atoms with Crippen molar-refractivity contribution in [3.63, 3.8) is 0 Å². The van der Waals surface area contributed by atoms with Crippen molar-refractivity contribution in [3.8, 4) is 17.2 Å². The molecule has 4 aromatic carbocycles. The highest BCUT2D eigenvalue weighted by atomic mass is 32.1. The normalized spacial score (nSPS) is 10.9. The van der Waals surface area contributed by atoms with E-state index in [0.717, 1.165) is 44.2 Å². The van der Waals surface area contributed by atoms with Crippen LogP contribution < -0.4 is 15.4 Å². The molecule has 0 aliphatic carbocycles. The summed E-state index contributed by atoms with van der Waals surface area (Å²) in [6.45, 7) is 3.97. The van der Waals surface area contributed by atoms with E-state index < -0.39 is 0 Å². The van der Waals surface area contributed by atoms with Crippen LogP contribution in [0.1, 0.15) is 21.5 Å². The Labute approximate surface area is 207 Å². The van der Waals surface area contributed by atoms with Gasteiger partial charge in [-0.1, -0.05) is 36.4 Å². The second kappa shape index (κ2) is 9.19. The average molecular weight is 482 g/mol. The van der Waals surface area contributed by atoms with Crippen LogP contribution >= 0.6 is 12.2 Å². The van der Waals surface area contributed by atoms with Crippen molar-refractivity contribution < 1.29 is 13.9 Å². The van der Waals surface area contributed by atoms with Crippen molar-refractivity contribution in [2.45, 2.75) is 13.8 Å². The number of methoxy groups -OCH3 is 1. The van der Waals surface area contributed by atoms with E-state index in [-0.39, 0.29) is 11.0 Å². The minimum Gasteiger partial charge on any atom is -0.496 e. The van der Waals surface area contributed by atoms with Gasteiger partial charge in [0.15, 0.2) is 10.7 Å². The lowest BCUT2D eigenvalue weighted by Gasteiger charge is -2.14. The summed E-state index contributed by atoms with van der Waals surface area (Å²) in [5, 5.41) is 8.00. The number of thiocarbonyl (C=S) groups is 1. The van der Waals surface area contributed by atoms with E-state index in [0.29, 0.717) is 17.2 Å². The lowest BCUT2D eigenvalue weighted by atomic mass is 10.1. The number of fused-ring (bicyclic) bond motifs is 2. The number of hydrogen-bond donors (Lipinski definition) is 2. The largest absolute Gasteiger partial charge is 0.496 e. The average Bonchev–Trinajstić information content (AvgIpc) is 3.27. The summed E-state index contributed by atoms with van der Waals surface area (Å²) < 4.78 is 11.4. The van der Waals surface area contributed by atoms with Crippen LogP contribution in [0.15, 0.2) is 77.2 Å². The van der Waals surface area contributed by atoms with Gasteiger partial charge in [0.2, 0.25) is 5.89 Å². The van der Waals surface area contributed by atoms with Crippen molar-refractivity contribution in [1.82, 2.24) is 10.3 Å². The molecule has 0 bridgehead atoms. The highest BCUT2D eigenvalue weighted by Crippen LogP contribution is 2.29. The van der Waals surface area contributed by atoms with Gasteiger partial charge in [0, 0.05) is 11.3 Å². The number of rotatable bonds is 4. The number of amides is 1. The molecule has 174 valence electrons. The van der Waals surface area contributed by atoms with Crippen molar-refractivity contribution in [3.05, 3.63) is 89.5 Å². The molecule has 6 nitrogen and oxygen atoms in total. The Morgan fingerprint density at radius 3 is 2.51 bits per heavy atom. The highest BCUT2D eigenvalue weighted by Gasteiger charge is 2.16. The first-order valence-electron chi connectivity index (χ1n) is 11.1. The van der Waals surface area contributed by atoms with Crippen LogP contribution in [0.25, 0.3) is 33.3 Å². The topological polar surface area (TPSA) is 76.4 Å². The number of benzene rings is 4. The molecule has 2 N–H and O–H groups in total. The van der Waals surface area contributed by atoms with Crippen LogP contribution in [0, 0.1) is 13.8 Å². The van der Waals surface area contributed by atoms with Gasteiger partial charge in [-0.3, -0.25) is 10.1 Å². The Kier molecular flexibility index (Phi) is 5.93. The second-order valence-electron chi connectivity index (χ2n) is 8.33. The Morgan fingerprint density at radius 2 is 1.74 bits per heavy atom. The van der Waals surface area contributed by atoms with E-state index >= 15 is 0 Å². The summed E-state index contributed by atoms with van der Waals surface area (Å²) in [7, 11) is 1.54. The van der Waals surface area contributed by atoms with Crippen molar-refractivity contribution in [1.29, 1.82) is 0 Å². The molecule has 0 saturated heterocycles. The van der Waals surface area contributed by atoms with Crippen LogP contribution in [0.3, 0.4) is 0 Å². The lowest BCUT2D eigenvalue weighted by Crippen LogP contribution is -2.34. The quantitative estimate of drug-likeness (QED) is 0.289. The molecule has 1 aromatic heterocycles. The first-order chi connectivity index (χ1) is 16.9. The second-order valence-corrected chi connectivity index (χ2v) is 8.74. The van der Waals surface area contributed by atoms with Crippen molar-refractivity contribution in [2.75, 3.05) is 12.4 Å². The number of ether oxygens (including phenoxy) is 1. The Hall–Kier alpha value is -4.23. The molecule has 7 heteroatoms. The van der Waals surface area contributed by atoms with Gasteiger partial charge in [0.25, 0.3) is 5.91 Å². The predicted octanol–water partition coefficient (Wildman–Crippen LogP) is 6.40. The molecule has 0 fully saturated rings. The monoisotopic (exact) mass is 481 g/mol. The third-order valence-electron chi connectivity index (χ3n) is 5.82. The number of anilines is 1. The molecule has 35 heavy (non-hydrogen) atoms. The number of carbonyl (C=O) groups excluding carboxylic acids is 1. The highest BCUT2D eigenvalue weighted by molar-refractivity contribution is 7.80. The molecule has 0 atom stereocenters. The molecule has 0 radical (unpaired) electrons. The minimum atomic E-state index is -0.353. The zero-order valence-electron chi connectivity index (χ0n) is 19.5. The first kappa shape index (κ1) is 22.6. The molecular formula is C28H23N3O3S. The van der Waals surface area contributed by atoms with Crippen LogP contribution in [0.4, 0.5) is 5.69 Å². The summed E-state index contributed by atoms with van der Waals surface area (Å²) in [6.07, 6.45) is 0. The summed E-state index contributed by atoms with van der Waals surface area (Å²) in [6, 6.07) is 23.1. The zero-order chi connectivity index (χ0) is 24.5. The molecule has 0 saturated carbocycles. The maximum Gasteiger partial charge on any atom is 0.261 e. The number of aromatic nitrogens is 1. The molecule has 1 heterocycles. The molecule has 0 spiro atoms. The van der Waals surface area contributed by atoms with Gasteiger partial charge >= 0.3 is 0 Å². The number of aryl methyl sites for hydroxylation is 2. The third kappa shape index (κ3) is 4.58. The first-order valence-corrected chi connectivity index (χ1v) is 11.5. The fourth-order valence-corrected chi connectivity index (χ4v) is 4.14. The molecular weight excluding hydrogens is 458 g/mol. The summed E-state index contributed by atoms with van der Waals surface area (Å²) in [5.74, 6) is 0.645. The maximum absolute atomic E-state index is 13.0. The molecule has 5 aromatic rings. The SMILES string of the molecule is COc1cc2ccccc2cc1C(=O)NC(=S)Nc1cc(-c2nc3ccc(C)cc3o2)ccc1C. The van der Waals surface area contributed by atoms with Gasteiger partial charge in [0.05, 0.1) is 12.7 Å². The zero-order valence-corrected chi connectivity index (χ0v) is 20.3. The fraction of sp³-hybridized carbons (Fsp3) is 0.107. The van der Waals surface area contributed by atoms with E-state index in [4.69, 9.17) is 21.4 Å². The smallest absolute Gasteiger partial charge is 0.261 e. The number of nitrogens with zero attached hydrogens (tertiary/aromatic N) is 1. The molecule has 0 aliphatic heterocycles. The third-order valence-corrected chi connectivity index (χ3v) is 6.02. The van der Waals surface area contributed by atoms with E-state index in [1.54, 1.807) is 13.2 Å². The summed E-state index contributed by atoms with van der Waals surface area (Å²) in [4.78, 5) is 17.6. The lowest BCUT2D eigenvalue weighted by molar-refractivity contribution is 0.0975. The molecule has 0 aliphatic rings. The van der Waals surface area contributed by atoms with Gasteiger partial charge in [-0.25, -0.2) is 4.98 Å². The van der Waals surface area contributed by atoms with Crippen molar-refractivity contribution >= 4 is 50.8 Å².